The fourth-order valence-electron chi connectivity index (χ4n) is 1.81. The Morgan fingerprint density at radius 3 is 2.62 bits per heavy atom. The van der Waals surface area contributed by atoms with Crippen LogP contribution in [0.4, 0.5) is 5.69 Å². The molecular formula is C10H11BClNO3. The third-order valence-corrected chi connectivity index (χ3v) is 2.94. The van der Waals surface area contributed by atoms with Gasteiger partial charge in [0.15, 0.2) is 0 Å². The lowest BCUT2D eigenvalue weighted by atomic mass is 9.80. The monoisotopic (exact) mass is 239 g/mol. The topological polar surface area (TPSA) is 60.8 Å². The summed E-state index contributed by atoms with van der Waals surface area (Å²) in [6.07, 6.45) is 1.38. The van der Waals surface area contributed by atoms with Gasteiger partial charge in [-0.1, -0.05) is 17.7 Å². The second-order valence-electron chi connectivity index (χ2n) is 3.73. The van der Waals surface area contributed by atoms with Crippen molar-refractivity contribution in [3.05, 3.63) is 23.2 Å². The first kappa shape index (κ1) is 11.5. The molecule has 0 saturated carbocycles. The second kappa shape index (κ2) is 4.45. The first-order valence-corrected chi connectivity index (χ1v) is 5.43. The van der Waals surface area contributed by atoms with Gasteiger partial charge < -0.3 is 14.9 Å². The minimum atomic E-state index is -1.54. The van der Waals surface area contributed by atoms with Gasteiger partial charge in [-0.25, -0.2) is 0 Å². The third-order valence-electron chi connectivity index (χ3n) is 2.63. The second-order valence-corrected chi connectivity index (χ2v) is 4.14. The average Bonchev–Trinajstić information content (AvgIpc) is 2.64. The van der Waals surface area contributed by atoms with Gasteiger partial charge in [-0.2, -0.15) is 0 Å². The van der Waals surface area contributed by atoms with Gasteiger partial charge in [-0.05, 0) is 24.0 Å². The third kappa shape index (κ3) is 2.07. The maximum atomic E-state index is 11.5. The van der Waals surface area contributed by atoms with E-state index in [-0.39, 0.29) is 5.91 Å². The van der Waals surface area contributed by atoms with E-state index in [2.05, 4.69) is 0 Å². The van der Waals surface area contributed by atoms with Gasteiger partial charge in [0.1, 0.15) is 0 Å². The largest absolute Gasteiger partial charge is 0.488 e. The number of anilines is 1. The van der Waals surface area contributed by atoms with Crippen LogP contribution in [0.25, 0.3) is 0 Å². The van der Waals surface area contributed by atoms with Crippen LogP contribution in [0.5, 0.6) is 0 Å². The van der Waals surface area contributed by atoms with Gasteiger partial charge in [0.2, 0.25) is 5.91 Å². The molecule has 1 fully saturated rings. The molecule has 1 aliphatic rings. The molecule has 1 amide bonds. The van der Waals surface area contributed by atoms with Crippen LogP contribution in [-0.2, 0) is 4.79 Å². The molecule has 1 aliphatic heterocycles. The molecule has 0 radical (unpaired) electrons. The van der Waals surface area contributed by atoms with E-state index in [4.69, 9.17) is 21.6 Å². The molecule has 2 N–H and O–H groups in total. The molecule has 0 aliphatic carbocycles. The summed E-state index contributed by atoms with van der Waals surface area (Å²) in [4.78, 5) is 13.1. The summed E-state index contributed by atoms with van der Waals surface area (Å²) in [6.45, 7) is 0.666. The molecule has 84 valence electrons. The lowest BCUT2D eigenvalue weighted by molar-refractivity contribution is -0.117. The molecule has 1 heterocycles. The standard InChI is InChI=1S/C10H11BClNO3/c12-8-6-7(11(15)16)3-4-9(8)13-5-1-2-10(13)14/h3-4,6,15-16H,1-2,5H2. The predicted molar refractivity (Wildman–Crippen MR) is 62.9 cm³/mol. The fourth-order valence-corrected chi connectivity index (χ4v) is 2.10. The summed E-state index contributed by atoms with van der Waals surface area (Å²) >= 11 is 6.00. The summed E-state index contributed by atoms with van der Waals surface area (Å²) in [7, 11) is -1.54. The molecular weight excluding hydrogens is 228 g/mol. The predicted octanol–water partition coefficient (Wildman–Crippen LogP) is 0.147. The van der Waals surface area contributed by atoms with E-state index >= 15 is 0 Å². The molecule has 1 saturated heterocycles. The minimum Gasteiger partial charge on any atom is -0.423 e. The van der Waals surface area contributed by atoms with E-state index in [1.807, 2.05) is 0 Å². The highest BCUT2D eigenvalue weighted by Gasteiger charge is 2.24. The summed E-state index contributed by atoms with van der Waals surface area (Å²) in [5.74, 6) is 0.0548. The lowest BCUT2D eigenvalue weighted by Crippen LogP contribution is -2.31. The van der Waals surface area contributed by atoms with Gasteiger partial charge >= 0.3 is 7.12 Å². The van der Waals surface area contributed by atoms with Crippen LogP contribution in [0.1, 0.15) is 12.8 Å². The number of nitrogens with zero attached hydrogens (tertiary/aromatic N) is 1. The minimum absolute atomic E-state index is 0.0548. The van der Waals surface area contributed by atoms with Crippen molar-refractivity contribution >= 4 is 35.8 Å². The number of benzene rings is 1. The van der Waals surface area contributed by atoms with E-state index in [1.54, 1.807) is 17.0 Å². The van der Waals surface area contributed by atoms with Crippen LogP contribution in [0, 0.1) is 0 Å². The van der Waals surface area contributed by atoms with Crippen molar-refractivity contribution in [2.24, 2.45) is 0 Å². The average molecular weight is 239 g/mol. The SMILES string of the molecule is O=C1CCCN1c1ccc(B(O)O)cc1Cl. The van der Waals surface area contributed by atoms with Crippen LogP contribution in [-0.4, -0.2) is 29.6 Å². The van der Waals surface area contributed by atoms with Gasteiger partial charge in [-0.3, -0.25) is 4.79 Å². The molecule has 16 heavy (non-hydrogen) atoms. The Morgan fingerprint density at radius 1 is 1.38 bits per heavy atom. The molecule has 0 bridgehead atoms. The molecule has 1 aromatic carbocycles. The van der Waals surface area contributed by atoms with Gasteiger partial charge in [0.25, 0.3) is 0 Å². The summed E-state index contributed by atoms with van der Waals surface area (Å²) < 4.78 is 0. The van der Waals surface area contributed by atoms with Crippen molar-refractivity contribution in [3.8, 4) is 0 Å². The van der Waals surface area contributed by atoms with E-state index in [1.165, 1.54) is 6.07 Å². The zero-order chi connectivity index (χ0) is 11.7. The smallest absolute Gasteiger partial charge is 0.423 e. The number of halogens is 1. The molecule has 0 atom stereocenters. The van der Waals surface area contributed by atoms with Crippen LogP contribution in [0.15, 0.2) is 18.2 Å². The quantitative estimate of drug-likeness (QED) is 0.722. The highest BCUT2D eigenvalue weighted by Crippen LogP contribution is 2.28. The van der Waals surface area contributed by atoms with Crippen LogP contribution in [0.2, 0.25) is 5.02 Å². The Kier molecular flexibility index (Phi) is 3.19. The van der Waals surface area contributed by atoms with E-state index in [9.17, 15) is 4.79 Å². The molecule has 1 aromatic rings. The summed E-state index contributed by atoms with van der Waals surface area (Å²) in [5, 5.41) is 18.3. The lowest BCUT2D eigenvalue weighted by Gasteiger charge is -2.17. The number of amides is 1. The van der Waals surface area contributed by atoms with E-state index < -0.39 is 7.12 Å². The maximum Gasteiger partial charge on any atom is 0.488 e. The highest BCUT2D eigenvalue weighted by atomic mass is 35.5. The fraction of sp³-hybridized carbons (Fsp3) is 0.300. The van der Waals surface area contributed by atoms with Gasteiger partial charge in [0.05, 0.1) is 10.7 Å². The van der Waals surface area contributed by atoms with Crippen molar-refractivity contribution in [1.29, 1.82) is 0 Å². The van der Waals surface area contributed by atoms with Crippen molar-refractivity contribution in [1.82, 2.24) is 0 Å². The van der Waals surface area contributed by atoms with Crippen LogP contribution in [0.3, 0.4) is 0 Å². The first-order valence-electron chi connectivity index (χ1n) is 5.05. The Balaban J connectivity index is 2.32. The van der Waals surface area contributed by atoms with Crippen molar-refractivity contribution in [2.75, 3.05) is 11.4 Å². The van der Waals surface area contributed by atoms with Crippen LogP contribution >= 0.6 is 11.6 Å². The normalized spacial score (nSPS) is 15.7. The highest BCUT2D eigenvalue weighted by molar-refractivity contribution is 6.59. The van der Waals surface area contributed by atoms with Crippen LogP contribution < -0.4 is 10.4 Å². The summed E-state index contributed by atoms with van der Waals surface area (Å²) in [6, 6.07) is 4.66. The van der Waals surface area contributed by atoms with Crippen molar-refractivity contribution < 1.29 is 14.8 Å². The number of rotatable bonds is 2. The Morgan fingerprint density at radius 2 is 2.12 bits per heavy atom. The van der Waals surface area contributed by atoms with Gasteiger partial charge in [-0.15, -0.1) is 0 Å². The van der Waals surface area contributed by atoms with Crippen molar-refractivity contribution in [2.45, 2.75) is 12.8 Å². The molecule has 6 heteroatoms. The Hall–Kier alpha value is -1.04. The van der Waals surface area contributed by atoms with Crippen molar-refractivity contribution in [3.63, 3.8) is 0 Å². The number of carbonyl (C=O) groups excluding carboxylic acids is 1. The zero-order valence-corrected chi connectivity index (χ0v) is 9.31. The number of hydrogen-bond donors (Lipinski definition) is 2. The molecule has 4 nitrogen and oxygen atoms in total. The summed E-state index contributed by atoms with van der Waals surface area (Å²) in [5.41, 5.74) is 0.953. The Bertz CT molecular complexity index is 425. The number of hydrogen-bond acceptors (Lipinski definition) is 3. The molecule has 2 rings (SSSR count). The molecule has 0 spiro atoms. The van der Waals surface area contributed by atoms with Gasteiger partial charge in [0, 0.05) is 13.0 Å². The zero-order valence-electron chi connectivity index (χ0n) is 8.56. The van der Waals surface area contributed by atoms with E-state index in [0.29, 0.717) is 29.1 Å². The molecule has 0 aromatic heterocycles. The Labute approximate surface area is 98.6 Å². The first-order chi connectivity index (χ1) is 7.59. The maximum absolute atomic E-state index is 11.5. The van der Waals surface area contributed by atoms with E-state index in [0.717, 1.165) is 6.42 Å². The molecule has 0 unspecified atom stereocenters. The number of carbonyl (C=O) groups is 1.